The van der Waals surface area contributed by atoms with Crippen LogP contribution in [0.3, 0.4) is 0 Å². The average molecular weight is 380 g/mol. The highest BCUT2D eigenvalue weighted by molar-refractivity contribution is 5.39. The Kier molecular flexibility index (Phi) is 5.47. The van der Waals surface area contributed by atoms with Crippen LogP contribution >= 0.6 is 0 Å². The molecule has 0 saturated heterocycles. The summed E-state index contributed by atoms with van der Waals surface area (Å²) in [5.74, 6) is 4.65. The molecule has 4 rings (SSSR count). The van der Waals surface area contributed by atoms with Crippen LogP contribution in [-0.2, 0) is 0 Å². The van der Waals surface area contributed by atoms with Gasteiger partial charge in [0.15, 0.2) is 0 Å². The van der Waals surface area contributed by atoms with E-state index in [0.717, 1.165) is 23.7 Å². The van der Waals surface area contributed by atoms with Crippen molar-refractivity contribution in [1.82, 2.24) is 0 Å². The molecule has 1 radical (unpaired) electrons. The van der Waals surface area contributed by atoms with E-state index in [4.69, 9.17) is 0 Å². The highest BCUT2D eigenvalue weighted by Crippen LogP contribution is 2.65. The van der Waals surface area contributed by atoms with Crippen LogP contribution in [0.4, 0.5) is 0 Å². The topological polar surface area (TPSA) is 0 Å². The summed E-state index contributed by atoms with van der Waals surface area (Å²) in [7, 11) is 0. The zero-order valence-electron chi connectivity index (χ0n) is 19.3. The Bertz CT molecular complexity index is 676. The lowest BCUT2D eigenvalue weighted by Crippen LogP contribution is -2.45. The minimum Gasteiger partial charge on any atom is -0.0852 e. The van der Waals surface area contributed by atoms with Crippen molar-refractivity contribution >= 4 is 0 Å². The number of rotatable bonds is 4. The fourth-order valence-electron chi connectivity index (χ4n) is 7.43. The van der Waals surface area contributed by atoms with Gasteiger partial charge in [-0.3, -0.25) is 0 Å². The van der Waals surface area contributed by atoms with Gasteiger partial charge in [0, 0.05) is 0 Å². The maximum atomic E-state index is 2.65. The first kappa shape index (κ1) is 20.5. The molecule has 0 aromatic carbocycles. The van der Waals surface area contributed by atoms with Crippen LogP contribution in [0.15, 0.2) is 35.5 Å². The Morgan fingerprint density at radius 2 is 1.71 bits per heavy atom. The summed E-state index contributed by atoms with van der Waals surface area (Å²) in [6.45, 7) is 14.8. The third-order valence-corrected chi connectivity index (χ3v) is 9.80. The molecule has 3 fully saturated rings. The lowest BCUT2D eigenvalue weighted by Gasteiger charge is -2.54. The van der Waals surface area contributed by atoms with E-state index in [1.54, 1.807) is 5.57 Å². The van der Waals surface area contributed by atoms with E-state index in [9.17, 15) is 0 Å². The Morgan fingerprint density at radius 1 is 0.929 bits per heavy atom. The first-order chi connectivity index (χ1) is 13.3. The Morgan fingerprint density at radius 3 is 2.46 bits per heavy atom. The van der Waals surface area contributed by atoms with Crippen LogP contribution in [0.1, 0.15) is 86.5 Å². The van der Waals surface area contributed by atoms with Crippen LogP contribution in [0, 0.1) is 52.8 Å². The number of hydrogen-bond donors (Lipinski definition) is 0. The van der Waals surface area contributed by atoms with E-state index in [0.29, 0.717) is 22.7 Å². The maximum Gasteiger partial charge on any atom is -0.00474 e. The maximum absolute atomic E-state index is 2.65. The molecule has 0 aromatic heterocycles. The van der Waals surface area contributed by atoms with Gasteiger partial charge in [0.2, 0.25) is 0 Å². The van der Waals surface area contributed by atoms with E-state index in [-0.39, 0.29) is 0 Å². The van der Waals surface area contributed by atoms with Gasteiger partial charge in [0.1, 0.15) is 0 Å². The van der Waals surface area contributed by atoms with Gasteiger partial charge in [-0.2, -0.15) is 0 Å². The van der Waals surface area contributed by atoms with E-state index >= 15 is 0 Å². The molecule has 0 spiro atoms. The van der Waals surface area contributed by atoms with Crippen molar-refractivity contribution in [3.63, 3.8) is 0 Å². The molecule has 2 unspecified atom stereocenters. The van der Waals surface area contributed by atoms with E-state index < -0.39 is 0 Å². The molecule has 0 amide bonds. The van der Waals surface area contributed by atoms with Gasteiger partial charge >= 0.3 is 0 Å². The molecule has 0 bridgehead atoms. The first-order valence-electron chi connectivity index (χ1n) is 12.2. The predicted octanol–water partition coefficient (Wildman–Crippen LogP) is 8.17. The van der Waals surface area contributed by atoms with Crippen LogP contribution in [-0.4, -0.2) is 0 Å². The van der Waals surface area contributed by atoms with Gasteiger partial charge in [0.05, 0.1) is 0 Å². The second-order valence-corrected chi connectivity index (χ2v) is 11.5. The van der Waals surface area contributed by atoms with Crippen LogP contribution in [0.25, 0.3) is 0 Å². The van der Waals surface area contributed by atoms with E-state index in [2.05, 4.69) is 72.3 Å². The zero-order valence-corrected chi connectivity index (χ0v) is 19.3. The monoisotopic (exact) mass is 379 g/mol. The SMILES string of the molecule is CC(C)[C@@H](C)/C=C/[C@@H](C)[C@H]1CCC2C3=CC=C4C[CH]CC[C@]4(C)C3CC[C@@]21C. The Hall–Kier alpha value is -0.780. The fourth-order valence-corrected chi connectivity index (χ4v) is 7.43. The number of allylic oxidation sites excluding steroid dienone is 6. The first-order valence-corrected chi connectivity index (χ1v) is 12.2. The third-order valence-electron chi connectivity index (χ3n) is 9.80. The average Bonchev–Trinajstić information content (AvgIpc) is 3.02. The molecule has 155 valence electrons. The molecule has 4 aliphatic rings. The van der Waals surface area contributed by atoms with Crippen molar-refractivity contribution in [2.75, 3.05) is 0 Å². The van der Waals surface area contributed by atoms with Gasteiger partial charge < -0.3 is 0 Å². The molecule has 0 heteroatoms. The molecule has 7 atom stereocenters. The van der Waals surface area contributed by atoms with Gasteiger partial charge in [-0.25, -0.2) is 0 Å². The second kappa shape index (κ2) is 7.48. The Balaban J connectivity index is 1.57. The molecule has 0 heterocycles. The number of fused-ring (bicyclic) bond motifs is 5. The second-order valence-electron chi connectivity index (χ2n) is 11.5. The molecule has 4 aliphatic carbocycles. The minimum absolute atomic E-state index is 0.455. The highest BCUT2D eigenvalue weighted by Gasteiger charge is 2.56. The minimum atomic E-state index is 0.455. The normalized spacial score (nSPS) is 42.5. The van der Waals surface area contributed by atoms with Crippen molar-refractivity contribution in [3.8, 4) is 0 Å². The molecule has 0 nitrogen and oxygen atoms in total. The van der Waals surface area contributed by atoms with Crippen molar-refractivity contribution in [2.45, 2.75) is 86.5 Å². The molecular formula is C28H43. The quantitative estimate of drug-likeness (QED) is 0.432. The zero-order chi connectivity index (χ0) is 20.1. The fraction of sp³-hybridized carbons (Fsp3) is 0.750. The largest absolute Gasteiger partial charge is 0.0852 e. The van der Waals surface area contributed by atoms with E-state index in [1.165, 1.54) is 44.9 Å². The van der Waals surface area contributed by atoms with Crippen LogP contribution < -0.4 is 0 Å². The summed E-state index contributed by atoms with van der Waals surface area (Å²) >= 11 is 0. The lowest BCUT2D eigenvalue weighted by molar-refractivity contribution is 0.0598. The van der Waals surface area contributed by atoms with Crippen molar-refractivity contribution < 1.29 is 0 Å². The van der Waals surface area contributed by atoms with Crippen molar-refractivity contribution in [3.05, 3.63) is 41.9 Å². The standard InChI is InChI=1S/C28H43/c1-19(2)20(3)10-11-21(4)24-14-15-25-23-13-12-22-9-7-8-17-27(22,5)26(23)16-18-28(24,25)6/h7,10-13,19-21,24-26H,8-9,14-18H2,1-6H3/b11-10+/t20-,21+,24+,25?,26?,27-,28+/m0/s1. The predicted molar refractivity (Wildman–Crippen MR) is 122 cm³/mol. The molecule has 0 aliphatic heterocycles. The molecule has 0 N–H and O–H groups in total. The third kappa shape index (κ3) is 3.18. The van der Waals surface area contributed by atoms with Crippen molar-refractivity contribution in [1.29, 1.82) is 0 Å². The number of hydrogen-bond acceptors (Lipinski definition) is 0. The van der Waals surface area contributed by atoms with Gasteiger partial charge in [0.25, 0.3) is 0 Å². The smallest absolute Gasteiger partial charge is 0.00474 e. The van der Waals surface area contributed by atoms with E-state index in [1.807, 2.05) is 5.57 Å². The summed E-state index contributed by atoms with van der Waals surface area (Å²) in [6, 6.07) is 0. The van der Waals surface area contributed by atoms with Gasteiger partial charge in [-0.05, 0) is 97.7 Å². The molecule has 0 aromatic rings. The summed E-state index contributed by atoms with van der Waals surface area (Å²) in [6.07, 6.45) is 22.3. The molecule has 28 heavy (non-hydrogen) atoms. The van der Waals surface area contributed by atoms with Gasteiger partial charge in [-0.15, -0.1) is 0 Å². The molecular weight excluding hydrogens is 336 g/mol. The van der Waals surface area contributed by atoms with Gasteiger partial charge in [-0.1, -0.05) is 77.0 Å². The summed E-state index contributed by atoms with van der Waals surface area (Å²) in [4.78, 5) is 0. The Labute approximate surface area is 175 Å². The highest BCUT2D eigenvalue weighted by atomic mass is 14.6. The molecule has 3 saturated carbocycles. The summed E-state index contributed by atoms with van der Waals surface area (Å²) < 4.78 is 0. The lowest BCUT2D eigenvalue weighted by atomic mass is 9.50. The van der Waals surface area contributed by atoms with Crippen LogP contribution in [0.2, 0.25) is 0 Å². The van der Waals surface area contributed by atoms with Crippen molar-refractivity contribution in [2.24, 2.45) is 46.3 Å². The summed E-state index contributed by atoms with van der Waals surface area (Å²) in [5, 5.41) is 0. The summed E-state index contributed by atoms with van der Waals surface area (Å²) in [5.41, 5.74) is 4.53. The van der Waals surface area contributed by atoms with Crippen LogP contribution in [0.5, 0.6) is 0 Å².